The zero-order chi connectivity index (χ0) is 22.8. The standard InChI is InChI=1S/C26H25ClN4O2/c1-17-24(25(23-8-4-5-11-28-23)31-12-14-33-15-13-31)20-16-18(9-10-22(20)29-17)30-26(32)19-6-2-3-7-21(19)27/h2-11,16,25,29H,12-15H2,1H3,(H,30,32)/t25-/m1/s1. The van der Waals surface area contributed by atoms with E-state index in [1.807, 2.05) is 42.6 Å². The molecule has 0 radical (unpaired) electrons. The van der Waals surface area contributed by atoms with Crippen molar-refractivity contribution in [3.63, 3.8) is 0 Å². The fourth-order valence-electron chi connectivity index (χ4n) is 4.51. The number of benzene rings is 2. The summed E-state index contributed by atoms with van der Waals surface area (Å²) in [5.74, 6) is -0.233. The summed E-state index contributed by atoms with van der Waals surface area (Å²) < 4.78 is 5.61. The van der Waals surface area contributed by atoms with Gasteiger partial charge in [-0.05, 0) is 49.4 Å². The summed E-state index contributed by atoms with van der Waals surface area (Å²) >= 11 is 6.22. The quantitative estimate of drug-likeness (QED) is 0.429. The maximum atomic E-state index is 12.8. The zero-order valence-corrected chi connectivity index (χ0v) is 19.1. The lowest BCUT2D eigenvalue weighted by atomic mass is 9.97. The van der Waals surface area contributed by atoms with Gasteiger partial charge in [-0.1, -0.05) is 29.8 Å². The third-order valence-corrected chi connectivity index (χ3v) is 6.39. The SMILES string of the molecule is Cc1[nH]c2ccc(NC(=O)c3ccccc3Cl)cc2c1[C@@H](c1ccccn1)N1CCOCC1. The van der Waals surface area contributed by atoms with Gasteiger partial charge in [-0.15, -0.1) is 0 Å². The highest BCUT2D eigenvalue weighted by Gasteiger charge is 2.29. The first kappa shape index (κ1) is 21.6. The molecule has 0 bridgehead atoms. The van der Waals surface area contributed by atoms with E-state index in [2.05, 4.69) is 28.2 Å². The smallest absolute Gasteiger partial charge is 0.257 e. The van der Waals surface area contributed by atoms with Crippen molar-refractivity contribution in [1.82, 2.24) is 14.9 Å². The molecule has 6 nitrogen and oxygen atoms in total. The lowest BCUT2D eigenvalue weighted by Crippen LogP contribution is -2.40. The molecule has 4 aromatic rings. The van der Waals surface area contributed by atoms with Gasteiger partial charge in [-0.2, -0.15) is 0 Å². The number of rotatable bonds is 5. The van der Waals surface area contributed by atoms with Crippen LogP contribution in [0.2, 0.25) is 5.02 Å². The molecule has 1 saturated heterocycles. The van der Waals surface area contributed by atoms with Crippen LogP contribution in [-0.2, 0) is 4.74 Å². The van der Waals surface area contributed by atoms with Crippen LogP contribution in [0.25, 0.3) is 10.9 Å². The largest absolute Gasteiger partial charge is 0.379 e. The molecule has 1 amide bonds. The van der Waals surface area contributed by atoms with E-state index in [9.17, 15) is 4.79 Å². The second-order valence-electron chi connectivity index (χ2n) is 8.16. The number of carbonyl (C=O) groups excluding carboxylic acids is 1. The number of nitrogens with zero attached hydrogens (tertiary/aromatic N) is 2. The number of hydrogen-bond donors (Lipinski definition) is 2. The first-order valence-electron chi connectivity index (χ1n) is 11.0. The van der Waals surface area contributed by atoms with Crippen LogP contribution in [0.5, 0.6) is 0 Å². The molecule has 2 aromatic carbocycles. The van der Waals surface area contributed by atoms with Crippen LogP contribution in [-0.4, -0.2) is 47.1 Å². The van der Waals surface area contributed by atoms with Crippen molar-refractivity contribution >= 4 is 34.1 Å². The lowest BCUT2D eigenvalue weighted by molar-refractivity contribution is 0.0234. The van der Waals surface area contributed by atoms with Gasteiger partial charge in [0.25, 0.3) is 5.91 Å². The third-order valence-electron chi connectivity index (χ3n) is 6.06. The Balaban J connectivity index is 1.56. The molecule has 3 heterocycles. The fourth-order valence-corrected chi connectivity index (χ4v) is 4.73. The van der Waals surface area contributed by atoms with Crippen LogP contribution in [0.1, 0.15) is 33.4 Å². The molecule has 2 aromatic heterocycles. The second kappa shape index (κ2) is 9.35. The van der Waals surface area contributed by atoms with Crippen molar-refractivity contribution in [3.8, 4) is 0 Å². The maximum Gasteiger partial charge on any atom is 0.257 e. The number of aromatic nitrogens is 2. The summed E-state index contributed by atoms with van der Waals surface area (Å²) in [6, 6.07) is 19.0. The van der Waals surface area contributed by atoms with Gasteiger partial charge >= 0.3 is 0 Å². The first-order chi connectivity index (χ1) is 16.1. The van der Waals surface area contributed by atoms with Crippen molar-refractivity contribution in [3.05, 3.63) is 94.4 Å². The van der Waals surface area contributed by atoms with E-state index < -0.39 is 0 Å². The predicted octanol–water partition coefficient (Wildman–Crippen LogP) is 5.20. The molecule has 1 aliphatic heterocycles. The van der Waals surface area contributed by atoms with Gasteiger partial charge in [0.1, 0.15) is 0 Å². The van der Waals surface area contributed by atoms with E-state index in [0.29, 0.717) is 23.8 Å². The summed E-state index contributed by atoms with van der Waals surface area (Å²) in [6.45, 7) is 5.15. The van der Waals surface area contributed by atoms with Crippen molar-refractivity contribution in [2.75, 3.05) is 31.6 Å². The molecular weight excluding hydrogens is 436 g/mol. The summed E-state index contributed by atoms with van der Waals surface area (Å²) in [5.41, 5.74) is 5.43. The predicted molar refractivity (Wildman–Crippen MR) is 131 cm³/mol. The Morgan fingerprint density at radius 2 is 1.91 bits per heavy atom. The van der Waals surface area contributed by atoms with Gasteiger partial charge in [0.05, 0.1) is 35.5 Å². The van der Waals surface area contributed by atoms with Crippen LogP contribution in [0.15, 0.2) is 66.9 Å². The zero-order valence-electron chi connectivity index (χ0n) is 18.3. The number of pyridine rings is 1. The Hall–Kier alpha value is -3.19. The van der Waals surface area contributed by atoms with E-state index in [4.69, 9.17) is 21.3 Å². The second-order valence-corrected chi connectivity index (χ2v) is 8.57. The molecule has 168 valence electrons. The van der Waals surface area contributed by atoms with Crippen molar-refractivity contribution in [1.29, 1.82) is 0 Å². The minimum absolute atomic E-state index is 0.0154. The van der Waals surface area contributed by atoms with Gasteiger partial charge < -0.3 is 15.0 Å². The summed E-state index contributed by atoms with van der Waals surface area (Å²) in [6.07, 6.45) is 1.84. The summed E-state index contributed by atoms with van der Waals surface area (Å²) in [7, 11) is 0. The highest BCUT2D eigenvalue weighted by molar-refractivity contribution is 6.34. The summed E-state index contributed by atoms with van der Waals surface area (Å²) in [4.78, 5) is 23.5. The number of ether oxygens (including phenoxy) is 1. The minimum Gasteiger partial charge on any atom is -0.379 e. The number of morpholine rings is 1. The monoisotopic (exact) mass is 460 g/mol. The van der Waals surface area contributed by atoms with Crippen LogP contribution in [0.3, 0.4) is 0 Å². The highest BCUT2D eigenvalue weighted by atomic mass is 35.5. The Morgan fingerprint density at radius 3 is 2.67 bits per heavy atom. The Morgan fingerprint density at radius 1 is 1.12 bits per heavy atom. The highest BCUT2D eigenvalue weighted by Crippen LogP contribution is 2.37. The molecule has 1 aliphatic rings. The van der Waals surface area contributed by atoms with Crippen LogP contribution in [0, 0.1) is 6.92 Å². The minimum atomic E-state index is -0.233. The number of fused-ring (bicyclic) bond motifs is 1. The van der Waals surface area contributed by atoms with E-state index in [-0.39, 0.29) is 11.9 Å². The number of anilines is 1. The van der Waals surface area contributed by atoms with Gasteiger partial charge in [0, 0.05) is 47.1 Å². The topological polar surface area (TPSA) is 70.2 Å². The van der Waals surface area contributed by atoms with Crippen molar-refractivity contribution < 1.29 is 9.53 Å². The van der Waals surface area contributed by atoms with Gasteiger partial charge in [-0.25, -0.2) is 0 Å². The van der Waals surface area contributed by atoms with E-state index in [1.54, 1.807) is 18.2 Å². The number of carbonyl (C=O) groups is 1. The molecular formula is C26H25ClN4O2. The molecule has 0 spiro atoms. The molecule has 0 unspecified atom stereocenters. The fraction of sp³-hybridized carbons (Fsp3) is 0.231. The van der Waals surface area contributed by atoms with Gasteiger partial charge in [0.15, 0.2) is 0 Å². The van der Waals surface area contributed by atoms with Gasteiger partial charge in [0.2, 0.25) is 0 Å². The molecule has 7 heteroatoms. The lowest BCUT2D eigenvalue weighted by Gasteiger charge is -2.34. The van der Waals surface area contributed by atoms with Crippen molar-refractivity contribution in [2.24, 2.45) is 0 Å². The Kier molecular flexibility index (Phi) is 6.13. The molecule has 0 aliphatic carbocycles. The number of nitrogens with one attached hydrogen (secondary N) is 2. The molecule has 0 saturated carbocycles. The van der Waals surface area contributed by atoms with E-state index in [0.717, 1.165) is 41.1 Å². The Labute approximate surface area is 197 Å². The number of aromatic amines is 1. The maximum absolute atomic E-state index is 12.8. The average Bonchev–Trinajstić information content (AvgIpc) is 3.16. The van der Waals surface area contributed by atoms with E-state index in [1.165, 1.54) is 5.56 Å². The molecule has 33 heavy (non-hydrogen) atoms. The molecule has 5 rings (SSSR count). The molecule has 1 fully saturated rings. The van der Waals surface area contributed by atoms with Crippen LogP contribution < -0.4 is 5.32 Å². The number of hydrogen-bond acceptors (Lipinski definition) is 4. The summed E-state index contributed by atoms with van der Waals surface area (Å²) in [5, 5.41) is 4.49. The molecule has 2 N–H and O–H groups in total. The van der Waals surface area contributed by atoms with Crippen molar-refractivity contribution in [2.45, 2.75) is 13.0 Å². The van der Waals surface area contributed by atoms with Crippen LogP contribution in [0.4, 0.5) is 5.69 Å². The number of halogens is 1. The number of amides is 1. The van der Waals surface area contributed by atoms with E-state index >= 15 is 0 Å². The number of aryl methyl sites for hydroxylation is 1. The first-order valence-corrected chi connectivity index (χ1v) is 11.4. The Bertz CT molecular complexity index is 1280. The normalized spacial score (nSPS) is 15.5. The van der Waals surface area contributed by atoms with Crippen LogP contribution >= 0.6 is 11.6 Å². The number of H-pyrrole nitrogens is 1. The average molecular weight is 461 g/mol. The third kappa shape index (κ3) is 4.37. The van der Waals surface area contributed by atoms with Gasteiger partial charge in [-0.3, -0.25) is 14.7 Å². The molecule has 1 atom stereocenters.